The molecule has 0 bridgehead atoms. The number of rotatable bonds is 7. The molecule has 0 aliphatic carbocycles. The van der Waals surface area contributed by atoms with Crippen molar-refractivity contribution >= 4 is 17.5 Å². The van der Waals surface area contributed by atoms with Gasteiger partial charge in [0.25, 0.3) is 0 Å². The van der Waals surface area contributed by atoms with Crippen LogP contribution >= 0.6 is 0 Å². The van der Waals surface area contributed by atoms with E-state index in [-0.39, 0.29) is 5.78 Å². The van der Waals surface area contributed by atoms with E-state index >= 15 is 0 Å². The SMILES string of the molecule is CCCCOc1ccc([C@@H]2[C@@H](C(=O)c3ccc(C)cc3)N3c4ccccc4C=C[C@@H]3C2(C#N)C#N)cc1. The number of unbranched alkanes of at least 4 members (excludes halogenated alkanes) is 1. The second-order valence-corrected chi connectivity index (χ2v) is 9.79. The maximum absolute atomic E-state index is 14.3. The zero-order valence-corrected chi connectivity index (χ0v) is 21.1. The minimum atomic E-state index is -1.46. The predicted octanol–water partition coefficient (Wildman–Crippen LogP) is 6.46. The number of hydrogen-bond donors (Lipinski definition) is 0. The van der Waals surface area contributed by atoms with Gasteiger partial charge in [-0.1, -0.05) is 85.7 Å². The molecular weight excluding hydrogens is 458 g/mol. The number of carbonyl (C=O) groups is 1. The van der Waals surface area contributed by atoms with Gasteiger partial charge in [0.1, 0.15) is 11.8 Å². The maximum atomic E-state index is 14.3. The van der Waals surface area contributed by atoms with Gasteiger partial charge in [-0.15, -0.1) is 0 Å². The minimum Gasteiger partial charge on any atom is -0.494 e. The molecule has 0 N–H and O–H groups in total. The largest absolute Gasteiger partial charge is 0.494 e. The molecule has 184 valence electrons. The van der Waals surface area contributed by atoms with E-state index in [2.05, 4.69) is 19.1 Å². The van der Waals surface area contributed by atoms with E-state index in [0.29, 0.717) is 12.2 Å². The number of Topliss-reactive ketones (excluding diaryl/α,β-unsaturated/α-hetero) is 1. The van der Waals surface area contributed by atoms with E-state index in [0.717, 1.165) is 41.0 Å². The van der Waals surface area contributed by atoms with Gasteiger partial charge in [0.2, 0.25) is 0 Å². The monoisotopic (exact) mass is 487 g/mol. The first-order valence-electron chi connectivity index (χ1n) is 12.8. The highest BCUT2D eigenvalue weighted by molar-refractivity contribution is 6.04. The highest BCUT2D eigenvalue weighted by atomic mass is 16.5. The number of nitriles is 2. The second-order valence-electron chi connectivity index (χ2n) is 9.79. The lowest BCUT2D eigenvalue weighted by Gasteiger charge is -2.35. The van der Waals surface area contributed by atoms with Crippen LogP contribution in [0.15, 0.2) is 78.9 Å². The Labute approximate surface area is 218 Å². The topological polar surface area (TPSA) is 77.1 Å². The first-order valence-corrected chi connectivity index (χ1v) is 12.8. The lowest BCUT2D eigenvalue weighted by Crippen LogP contribution is -2.44. The summed E-state index contributed by atoms with van der Waals surface area (Å²) >= 11 is 0. The molecule has 0 amide bonds. The Morgan fingerprint density at radius 2 is 1.70 bits per heavy atom. The molecule has 5 nitrogen and oxygen atoms in total. The molecule has 0 saturated carbocycles. The van der Waals surface area contributed by atoms with Crippen molar-refractivity contribution in [2.24, 2.45) is 5.41 Å². The fourth-order valence-corrected chi connectivity index (χ4v) is 5.60. The van der Waals surface area contributed by atoms with Crippen molar-refractivity contribution in [1.29, 1.82) is 10.5 Å². The van der Waals surface area contributed by atoms with Crippen LogP contribution in [-0.2, 0) is 0 Å². The number of ether oxygens (including phenoxy) is 1. The Morgan fingerprint density at radius 3 is 2.38 bits per heavy atom. The molecule has 0 aromatic heterocycles. The number of fused-ring (bicyclic) bond motifs is 3. The number of para-hydroxylation sites is 1. The van der Waals surface area contributed by atoms with E-state index in [9.17, 15) is 15.3 Å². The molecule has 1 fully saturated rings. The van der Waals surface area contributed by atoms with Crippen molar-refractivity contribution in [3.05, 3.63) is 101 Å². The fourth-order valence-electron chi connectivity index (χ4n) is 5.60. The molecule has 0 unspecified atom stereocenters. The molecule has 1 saturated heterocycles. The number of hydrogen-bond acceptors (Lipinski definition) is 5. The van der Waals surface area contributed by atoms with Crippen LogP contribution in [-0.4, -0.2) is 24.5 Å². The molecule has 3 aromatic carbocycles. The Hall–Kier alpha value is -4.35. The summed E-state index contributed by atoms with van der Waals surface area (Å²) in [6, 6.07) is 26.3. The van der Waals surface area contributed by atoms with Gasteiger partial charge >= 0.3 is 0 Å². The van der Waals surface area contributed by atoms with Crippen LogP contribution in [0.1, 0.15) is 52.7 Å². The van der Waals surface area contributed by atoms with E-state index in [1.807, 2.05) is 96.8 Å². The summed E-state index contributed by atoms with van der Waals surface area (Å²) in [5.74, 6) is -0.0309. The average molecular weight is 488 g/mol. The molecule has 2 aliphatic rings. The normalized spacial score (nSPS) is 20.9. The van der Waals surface area contributed by atoms with Crippen LogP contribution in [0, 0.1) is 35.0 Å². The number of anilines is 1. The van der Waals surface area contributed by atoms with Crippen molar-refractivity contribution in [2.75, 3.05) is 11.5 Å². The molecule has 2 aliphatic heterocycles. The molecular formula is C32H29N3O2. The zero-order valence-electron chi connectivity index (χ0n) is 21.1. The quantitative estimate of drug-likeness (QED) is 0.282. The molecule has 37 heavy (non-hydrogen) atoms. The highest BCUT2D eigenvalue weighted by Gasteiger charge is 2.63. The van der Waals surface area contributed by atoms with E-state index in [1.165, 1.54) is 0 Å². The van der Waals surface area contributed by atoms with Crippen molar-refractivity contribution in [1.82, 2.24) is 0 Å². The maximum Gasteiger partial charge on any atom is 0.185 e. The minimum absolute atomic E-state index is 0.101. The molecule has 3 atom stereocenters. The number of carbonyl (C=O) groups excluding carboxylic acids is 1. The standard InChI is InChI=1S/C32H29N3O2/c1-3-4-19-37-26-16-13-24(14-17-26)29-30(31(36)25-11-9-22(2)10-12-25)35-27-8-6-5-7-23(27)15-18-28(35)32(29,20-33)21-34/h5-18,28-30H,3-4,19H2,1-2H3/t28-,29-,30+/m1/s1. The Balaban J connectivity index is 1.67. The van der Waals surface area contributed by atoms with Crippen LogP contribution in [0.2, 0.25) is 0 Å². The van der Waals surface area contributed by atoms with Gasteiger partial charge in [-0.25, -0.2) is 0 Å². The van der Waals surface area contributed by atoms with Gasteiger partial charge < -0.3 is 9.64 Å². The molecule has 5 heteroatoms. The molecule has 3 aromatic rings. The lowest BCUT2D eigenvalue weighted by molar-refractivity contribution is 0.0951. The van der Waals surface area contributed by atoms with Crippen LogP contribution in [0.3, 0.4) is 0 Å². The van der Waals surface area contributed by atoms with E-state index in [4.69, 9.17) is 4.74 Å². The first kappa shape index (κ1) is 24.3. The van der Waals surface area contributed by atoms with Crippen molar-refractivity contribution in [3.63, 3.8) is 0 Å². The van der Waals surface area contributed by atoms with Crippen molar-refractivity contribution in [3.8, 4) is 17.9 Å². The van der Waals surface area contributed by atoms with Gasteiger partial charge in [-0.05, 0) is 42.7 Å². The van der Waals surface area contributed by atoms with Crippen LogP contribution in [0.25, 0.3) is 6.08 Å². The third-order valence-corrected chi connectivity index (χ3v) is 7.53. The van der Waals surface area contributed by atoms with E-state index < -0.39 is 23.4 Å². The lowest BCUT2D eigenvalue weighted by atomic mass is 9.69. The predicted molar refractivity (Wildman–Crippen MR) is 144 cm³/mol. The van der Waals surface area contributed by atoms with Gasteiger partial charge in [-0.3, -0.25) is 4.79 Å². The van der Waals surface area contributed by atoms with Gasteiger partial charge in [-0.2, -0.15) is 10.5 Å². The zero-order chi connectivity index (χ0) is 26.0. The molecule has 5 rings (SSSR count). The third-order valence-electron chi connectivity index (χ3n) is 7.53. The van der Waals surface area contributed by atoms with Crippen LogP contribution < -0.4 is 9.64 Å². The fraction of sp³-hybridized carbons (Fsp3) is 0.281. The van der Waals surface area contributed by atoms with Crippen molar-refractivity contribution in [2.45, 2.75) is 44.7 Å². The highest BCUT2D eigenvalue weighted by Crippen LogP contribution is 2.55. The Bertz CT molecular complexity index is 1400. The van der Waals surface area contributed by atoms with E-state index in [1.54, 1.807) is 0 Å². The summed E-state index contributed by atoms with van der Waals surface area (Å²) in [6.07, 6.45) is 5.88. The van der Waals surface area contributed by atoms with Gasteiger partial charge in [0, 0.05) is 17.2 Å². The first-order chi connectivity index (χ1) is 18.0. The molecule has 0 spiro atoms. The molecule has 0 radical (unpaired) electrons. The van der Waals surface area contributed by atoms with Crippen LogP contribution in [0.4, 0.5) is 5.69 Å². The summed E-state index contributed by atoms with van der Waals surface area (Å²) in [5, 5.41) is 21.1. The second kappa shape index (κ2) is 9.96. The Kier molecular flexibility index (Phi) is 6.55. The van der Waals surface area contributed by atoms with Gasteiger partial charge in [0.15, 0.2) is 11.2 Å². The average Bonchev–Trinajstić information content (AvgIpc) is 3.24. The summed E-state index contributed by atoms with van der Waals surface area (Å²) in [6.45, 7) is 4.73. The molecule has 2 heterocycles. The summed E-state index contributed by atoms with van der Waals surface area (Å²) in [7, 11) is 0. The summed E-state index contributed by atoms with van der Waals surface area (Å²) in [4.78, 5) is 16.3. The third kappa shape index (κ3) is 4.07. The number of nitrogens with zero attached hydrogens (tertiary/aromatic N) is 3. The smallest absolute Gasteiger partial charge is 0.185 e. The summed E-state index contributed by atoms with van der Waals surface area (Å²) < 4.78 is 5.85. The van der Waals surface area contributed by atoms with Gasteiger partial charge in [0.05, 0.1) is 24.8 Å². The Morgan fingerprint density at radius 1 is 1.00 bits per heavy atom. The van der Waals surface area contributed by atoms with Crippen LogP contribution in [0.5, 0.6) is 5.75 Å². The van der Waals surface area contributed by atoms with Crippen molar-refractivity contribution < 1.29 is 9.53 Å². The summed E-state index contributed by atoms with van der Waals surface area (Å²) in [5.41, 5.74) is 2.77. The number of aryl methyl sites for hydroxylation is 1. The number of benzene rings is 3. The number of ketones is 1.